The van der Waals surface area contributed by atoms with Crippen molar-refractivity contribution in [2.75, 3.05) is 11.9 Å². The number of rotatable bonds is 3. The van der Waals surface area contributed by atoms with Gasteiger partial charge in [0.1, 0.15) is 5.75 Å². The summed E-state index contributed by atoms with van der Waals surface area (Å²) < 4.78 is 82.7. The van der Waals surface area contributed by atoms with Crippen molar-refractivity contribution < 1.29 is 40.4 Å². The largest absolute Gasteiger partial charge is 0.573 e. The van der Waals surface area contributed by atoms with Gasteiger partial charge in [0.25, 0.3) is 0 Å². The topological polar surface area (TPSA) is 80.5 Å². The van der Waals surface area contributed by atoms with Gasteiger partial charge in [0.05, 0.1) is 11.4 Å². The van der Waals surface area contributed by atoms with Crippen LogP contribution in [-0.2, 0) is 19.1 Å². The summed E-state index contributed by atoms with van der Waals surface area (Å²) in [6, 6.07) is 5.87. The third kappa shape index (κ3) is 4.95. The number of carbonyl (C=O) groups excluding carboxylic acids is 1. The molecule has 170 valence electrons. The predicted octanol–water partition coefficient (Wildman–Crippen LogP) is 5.31. The summed E-state index contributed by atoms with van der Waals surface area (Å²) in [6.07, 6.45) is -9.10. The molecule has 1 aliphatic rings. The van der Waals surface area contributed by atoms with E-state index in [-0.39, 0.29) is 18.1 Å². The lowest BCUT2D eigenvalue weighted by molar-refractivity contribution is -0.274. The highest BCUT2D eigenvalue weighted by Crippen LogP contribution is 2.36. The normalized spacial score (nSPS) is 14.2. The molecule has 0 saturated heterocycles. The molecule has 0 unspecified atom stereocenters. The van der Waals surface area contributed by atoms with Gasteiger partial charge in [-0.2, -0.15) is 18.2 Å². The van der Waals surface area contributed by atoms with E-state index in [9.17, 15) is 31.1 Å². The second kappa shape index (κ2) is 8.00. The minimum atomic E-state index is -4.81. The molecule has 0 fully saturated rings. The van der Waals surface area contributed by atoms with Crippen molar-refractivity contribution in [3.63, 3.8) is 0 Å². The molecule has 7 nitrogen and oxygen atoms in total. The van der Waals surface area contributed by atoms with Crippen LogP contribution in [0, 0.1) is 0 Å². The summed E-state index contributed by atoms with van der Waals surface area (Å²) in [4.78, 5) is 18.5. The van der Waals surface area contributed by atoms with Gasteiger partial charge >= 0.3 is 24.5 Å². The lowest BCUT2D eigenvalue weighted by atomic mass is 10.1. The number of aromatic nitrogens is 2. The van der Waals surface area contributed by atoms with E-state index in [0.717, 1.165) is 33.9 Å². The summed E-state index contributed by atoms with van der Waals surface area (Å²) >= 11 is 1.15. The Labute approximate surface area is 179 Å². The molecule has 3 aromatic rings. The second-order valence-electron chi connectivity index (χ2n) is 6.65. The Morgan fingerprint density at radius 1 is 1.16 bits per heavy atom. The third-order valence-electron chi connectivity index (χ3n) is 4.40. The lowest BCUT2D eigenvalue weighted by Crippen LogP contribution is -2.38. The fraction of sp³-hybridized carbons (Fsp3) is 0.278. The SMILES string of the molecule is O=C(Nc1ccc(OC(F)(F)F)cc1)N1CCc2cc(-c3noc(C(F)(F)F)n3)sc2C1. The van der Waals surface area contributed by atoms with E-state index in [1.54, 1.807) is 6.07 Å². The summed E-state index contributed by atoms with van der Waals surface area (Å²) in [7, 11) is 0. The van der Waals surface area contributed by atoms with Crippen LogP contribution in [-0.4, -0.2) is 34.0 Å². The van der Waals surface area contributed by atoms with Crippen LogP contribution in [0.3, 0.4) is 0 Å². The van der Waals surface area contributed by atoms with Crippen LogP contribution in [0.25, 0.3) is 10.7 Å². The number of urea groups is 1. The molecule has 1 N–H and O–H groups in total. The highest BCUT2D eigenvalue weighted by molar-refractivity contribution is 7.15. The highest BCUT2D eigenvalue weighted by Gasteiger charge is 2.39. The van der Waals surface area contributed by atoms with Crippen LogP contribution in [0.4, 0.5) is 36.8 Å². The van der Waals surface area contributed by atoms with Crippen molar-refractivity contribution in [1.29, 1.82) is 0 Å². The molecule has 1 aromatic carbocycles. The average molecular weight is 478 g/mol. The molecule has 4 rings (SSSR count). The molecule has 2 amide bonds. The van der Waals surface area contributed by atoms with Crippen LogP contribution >= 0.6 is 11.3 Å². The standard InChI is InChI=1S/C18H12F6N4O3S/c19-17(20,21)15-26-14(27-31-15)12-7-9-5-6-28(8-13(9)32-12)16(29)25-10-1-3-11(4-2-10)30-18(22,23)24/h1-4,7H,5-6,8H2,(H,25,29). The van der Waals surface area contributed by atoms with Crippen LogP contribution < -0.4 is 10.1 Å². The molecule has 2 aromatic heterocycles. The van der Waals surface area contributed by atoms with Crippen molar-refractivity contribution in [2.24, 2.45) is 0 Å². The molecule has 0 radical (unpaired) electrons. The smallest absolute Gasteiger partial charge is 0.406 e. The number of thiophene rings is 1. The maximum Gasteiger partial charge on any atom is 0.573 e. The minimum absolute atomic E-state index is 0.186. The Hall–Kier alpha value is -3.29. The number of halogens is 6. The van der Waals surface area contributed by atoms with Gasteiger partial charge in [0.15, 0.2) is 0 Å². The Bertz CT molecular complexity index is 1120. The predicted molar refractivity (Wildman–Crippen MR) is 98.9 cm³/mol. The van der Waals surface area contributed by atoms with Gasteiger partial charge in [-0.05, 0) is 42.3 Å². The molecular formula is C18H12F6N4O3S. The van der Waals surface area contributed by atoms with Gasteiger partial charge in [-0.1, -0.05) is 5.16 Å². The molecule has 0 aliphatic carbocycles. The van der Waals surface area contributed by atoms with E-state index < -0.39 is 30.2 Å². The van der Waals surface area contributed by atoms with Crippen LogP contribution in [0.5, 0.6) is 5.75 Å². The lowest BCUT2D eigenvalue weighted by Gasteiger charge is -2.27. The highest BCUT2D eigenvalue weighted by atomic mass is 32.1. The molecule has 14 heteroatoms. The van der Waals surface area contributed by atoms with Crippen molar-refractivity contribution >= 4 is 23.1 Å². The number of amides is 2. The van der Waals surface area contributed by atoms with Crippen molar-refractivity contribution in [2.45, 2.75) is 25.5 Å². The maximum absolute atomic E-state index is 12.7. The first kappa shape index (κ1) is 21.9. The molecule has 0 spiro atoms. The van der Waals surface area contributed by atoms with Gasteiger partial charge in [0.2, 0.25) is 5.82 Å². The number of nitrogens with one attached hydrogen (secondary N) is 1. The summed E-state index contributed by atoms with van der Waals surface area (Å²) in [5, 5.41) is 5.95. The average Bonchev–Trinajstić information content (AvgIpc) is 3.34. The van der Waals surface area contributed by atoms with Gasteiger partial charge in [0, 0.05) is 17.1 Å². The van der Waals surface area contributed by atoms with Crippen LogP contribution in [0.15, 0.2) is 34.9 Å². The van der Waals surface area contributed by atoms with Gasteiger partial charge in [-0.15, -0.1) is 24.5 Å². The van der Waals surface area contributed by atoms with E-state index >= 15 is 0 Å². The molecule has 0 bridgehead atoms. The molecule has 1 aliphatic heterocycles. The molecule has 0 atom stereocenters. The summed E-state index contributed by atoms with van der Waals surface area (Å²) in [6.45, 7) is 0.537. The zero-order valence-electron chi connectivity index (χ0n) is 15.8. The second-order valence-corrected chi connectivity index (χ2v) is 7.79. The van der Waals surface area contributed by atoms with Gasteiger partial charge < -0.3 is 19.5 Å². The number of hydrogen-bond donors (Lipinski definition) is 1. The Kier molecular flexibility index (Phi) is 5.48. The number of benzene rings is 1. The number of anilines is 1. The summed E-state index contributed by atoms with van der Waals surface area (Å²) in [5.74, 6) is -2.04. The van der Waals surface area contributed by atoms with E-state index in [2.05, 4.69) is 24.7 Å². The zero-order valence-corrected chi connectivity index (χ0v) is 16.6. The zero-order chi connectivity index (χ0) is 23.1. The number of alkyl halides is 6. The van der Waals surface area contributed by atoms with Crippen molar-refractivity contribution in [3.8, 4) is 16.5 Å². The number of fused-ring (bicyclic) bond motifs is 1. The van der Waals surface area contributed by atoms with Gasteiger partial charge in [-0.25, -0.2) is 4.79 Å². The first-order valence-electron chi connectivity index (χ1n) is 8.92. The van der Waals surface area contributed by atoms with Crippen molar-refractivity contribution in [3.05, 3.63) is 46.7 Å². The van der Waals surface area contributed by atoms with E-state index in [1.807, 2.05) is 0 Å². The minimum Gasteiger partial charge on any atom is -0.406 e. The molecular weight excluding hydrogens is 466 g/mol. The van der Waals surface area contributed by atoms with Gasteiger partial charge in [-0.3, -0.25) is 0 Å². The first-order valence-corrected chi connectivity index (χ1v) is 9.74. The fourth-order valence-electron chi connectivity index (χ4n) is 2.98. The number of hydrogen-bond acceptors (Lipinski definition) is 6. The summed E-state index contributed by atoms with van der Waals surface area (Å²) in [5.41, 5.74) is 1.13. The Morgan fingerprint density at radius 2 is 1.88 bits per heavy atom. The van der Waals surface area contributed by atoms with E-state index in [1.165, 1.54) is 17.0 Å². The van der Waals surface area contributed by atoms with Crippen molar-refractivity contribution in [1.82, 2.24) is 15.0 Å². The molecule has 0 saturated carbocycles. The number of carbonyl (C=O) groups is 1. The van der Waals surface area contributed by atoms with E-state index in [4.69, 9.17) is 0 Å². The quantitative estimate of drug-likeness (QED) is 0.517. The Balaban J connectivity index is 1.41. The molecule has 32 heavy (non-hydrogen) atoms. The maximum atomic E-state index is 12.7. The number of ether oxygens (including phenoxy) is 1. The van der Waals surface area contributed by atoms with E-state index in [0.29, 0.717) is 17.8 Å². The fourth-order valence-corrected chi connectivity index (χ4v) is 4.14. The van der Waals surface area contributed by atoms with Crippen LogP contribution in [0.1, 0.15) is 16.3 Å². The first-order chi connectivity index (χ1) is 15.0. The molecule has 3 heterocycles. The van der Waals surface area contributed by atoms with Crippen LogP contribution in [0.2, 0.25) is 0 Å². The third-order valence-corrected chi connectivity index (χ3v) is 5.56. The number of nitrogens with zero attached hydrogens (tertiary/aromatic N) is 3. The Morgan fingerprint density at radius 3 is 2.50 bits per heavy atom. The monoisotopic (exact) mass is 478 g/mol.